The summed E-state index contributed by atoms with van der Waals surface area (Å²) in [6.07, 6.45) is 8.55. The standard InChI is InChI=1S/C12H21O2PS2/c1-5-13-15(16,14-6-2)17-12(4)10-8-7-9-11(12)3/h7-11H,5-6H2,1-4H3. The summed E-state index contributed by atoms with van der Waals surface area (Å²) >= 11 is 7.25. The molecule has 0 radical (unpaired) electrons. The van der Waals surface area contributed by atoms with Crippen LogP contribution >= 0.6 is 17.1 Å². The van der Waals surface area contributed by atoms with Crippen LogP contribution in [0, 0.1) is 5.92 Å². The molecule has 5 heteroatoms. The molecule has 0 aromatic carbocycles. The summed E-state index contributed by atoms with van der Waals surface area (Å²) in [5.41, 5.74) is -2.23. The lowest BCUT2D eigenvalue weighted by Gasteiger charge is -2.36. The first-order chi connectivity index (χ1) is 7.96. The molecule has 0 fully saturated rings. The van der Waals surface area contributed by atoms with Crippen LogP contribution in [0.4, 0.5) is 0 Å². The second-order valence-electron chi connectivity index (χ2n) is 4.09. The average Bonchev–Trinajstić information content (AvgIpc) is 2.23. The molecular weight excluding hydrogens is 271 g/mol. The molecule has 0 heterocycles. The van der Waals surface area contributed by atoms with Gasteiger partial charge >= 0.3 is 0 Å². The van der Waals surface area contributed by atoms with Gasteiger partial charge in [-0.3, -0.25) is 0 Å². The first kappa shape index (κ1) is 15.5. The molecule has 0 bridgehead atoms. The summed E-state index contributed by atoms with van der Waals surface area (Å²) in [5.74, 6) is 0.431. The van der Waals surface area contributed by atoms with Crippen molar-refractivity contribution < 1.29 is 9.05 Å². The molecule has 2 atom stereocenters. The molecule has 1 aliphatic rings. The van der Waals surface area contributed by atoms with Crippen LogP contribution < -0.4 is 0 Å². The molecule has 0 aromatic heterocycles. The summed E-state index contributed by atoms with van der Waals surface area (Å²) in [6.45, 7) is 9.53. The molecule has 1 rings (SSSR count). The summed E-state index contributed by atoms with van der Waals surface area (Å²) in [4.78, 5) is 0. The van der Waals surface area contributed by atoms with Crippen molar-refractivity contribution in [2.75, 3.05) is 13.2 Å². The molecular formula is C12H21O2PS2. The van der Waals surface area contributed by atoms with Crippen molar-refractivity contribution in [2.45, 2.75) is 32.4 Å². The number of rotatable bonds is 6. The highest BCUT2D eigenvalue weighted by atomic mass is 32.9. The van der Waals surface area contributed by atoms with Crippen molar-refractivity contribution >= 4 is 28.9 Å². The monoisotopic (exact) mass is 292 g/mol. The summed E-state index contributed by atoms with van der Waals surface area (Å²) < 4.78 is 11.4. The van der Waals surface area contributed by atoms with Gasteiger partial charge in [0.2, 0.25) is 5.69 Å². The summed E-state index contributed by atoms with van der Waals surface area (Å²) in [7, 11) is 0. The van der Waals surface area contributed by atoms with E-state index >= 15 is 0 Å². The van der Waals surface area contributed by atoms with Gasteiger partial charge in [0.25, 0.3) is 0 Å². The maximum absolute atomic E-state index is 5.69. The van der Waals surface area contributed by atoms with E-state index < -0.39 is 5.69 Å². The molecule has 17 heavy (non-hydrogen) atoms. The van der Waals surface area contributed by atoms with E-state index in [1.807, 2.05) is 13.8 Å². The predicted octanol–water partition coefficient (Wildman–Crippen LogP) is 4.54. The maximum Gasteiger partial charge on any atom is 0.248 e. The van der Waals surface area contributed by atoms with Crippen LogP contribution in [0.25, 0.3) is 0 Å². The lowest BCUT2D eigenvalue weighted by Crippen LogP contribution is -2.26. The predicted molar refractivity (Wildman–Crippen MR) is 81.0 cm³/mol. The van der Waals surface area contributed by atoms with Crippen molar-refractivity contribution in [1.82, 2.24) is 0 Å². The quantitative estimate of drug-likeness (QED) is 0.669. The summed E-state index contributed by atoms with van der Waals surface area (Å²) in [5, 5.41) is 0. The lowest BCUT2D eigenvalue weighted by molar-refractivity contribution is 0.280. The molecule has 0 saturated heterocycles. The Morgan fingerprint density at radius 1 is 1.29 bits per heavy atom. The van der Waals surface area contributed by atoms with Crippen molar-refractivity contribution in [2.24, 2.45) is 5.92 Å². The zero-order chi connectivity index (χ0) is 12.9. The number of hydrogen-bond donors (Lipinski definition) is 0. The largest absolute Gasteiger partial charge is 0.322 e. The smallest absolute Gasteiger partial charge is 0.248 e. The molecule has 98 valence electrons. The Labute approximate surface area is 114 Å². The molecule has 0 amide bonds. The molecule has 0 N–H and O–H groups in total. The van der Waals surface area contributed by atoms with Gasteiger partial charge in [0, 0.05) is 4.75 Å². The van der Waals surface area contributed by atoms with E-state index in [0.29, 0.717) is 19.1 Å². The first-order valence-electron chi connectivity index (χ1n) is 5.91. The maximum atomic E-state index is 5.69. The lowest BCUT2D eigenvalue weighted by atomic mass is 9.91. The summed E-state index contributed by atoms with van der Waals surface area (Å²) in [6, 6.07) is 0. The molecule has 1 aliphatic carbocycles. The van der Waals surface area contributed by atoms with Gasteiger partial charge in [0.15, 0.2) is 0 Å². The Kier molecular flexibility index (Phi) is 5.94. The third-order valence-electron chi connectivity index (χ3n) is 2.73. The van der Waals surface area contributed by atoms with Crippen LogP contribution in [0.2, 0.25) is 0 Å². The van der Waals surface area contributed by atoms with Gasteiger partial charge in [-0.2, -0.15) is 0 Å². The van der Waals surface area contributed by atoms with E-state index in [-0.39, 0.29) is 4.75 Å². The first-order valence-corrected chi connectivity index (χ1v) is 9.97. The Bertz CT molecular complexity index is 344. The highest BCUT2D eigenvalue weighted by Gasteiger charge is 2.36. The van der Waals surface area contributed by atoms with Crippen LogP contribution in [-0.4, -0.2) is 18.0 Å². The van der Waals surface area contributed by atoms with E-state index in [1.54, 1.807) is 11.4 Å². The minimum absolute atomic E-state index is 0.0331. The van der Waals surface area contributed by atoms with Gasteiger partial charge in [-0.1, -0.05) is 42.6 Å². The Morgan fingerprint density at radius 2 is 1.88 bits per heavy atom. The Morgan fingerprint density at radius 3 is 2.35 bits per heavy atom. The van der Waals surface area contributed by atoms with Crippen LogP contribution in [0.5, 0.6) is 0 Å². The Hall–Kier alpha value is 0.400. The van der Waals surface area contributed by atoms with Crippen LogP contribution in [0.3, 0.4) is 0 Å². The molecule has 0 aromatic rings. The number of allylic oxidation sites excluding steroid dienone is 3. The van der Waals surface area contributed by atoms with Crippen molar-refractivity contribution in [3.63, 3.8) is 0 Å². The van der Waals surface area contributed by atoms with E-state index in [4.69, 9.17) is 20.9 Å². The van der Waals surface area contributed by atoms with Crippen molar-refractivity contribution in [3.8, 4) is 0 Å². The molecule has 0 saturated carbocycles. The highest BCUT2D eigenvalue weighted by molar-refractivity contribution is 8.68. The molecule has 2 unspecified atom stereocenters. The van der Waals surface area contributed by atoms with E-state index in [2.05, 4.69) is 38.2 Å². The highest BCUT2D eigenvalue weighted by Crippen LogP contribution is 2.67. The molecule has 2 nitrogen and oxygen atoms in total. The SMILES string of the molecule is CCOP(=S)(OCC)SC1(C)C=CC=CC1C. The second kappa shape index (κ2) is 6.53. The van der Waals surface area contributed by atoms with Gasteiger partial charge in [-0.15, -0.1) is 0 Å². The average molecular weight is 292 g/mol. The van der Waals surface area contributed by atoms with Crippen LogP contribution in [0.1, 0.15) is 27.7 Å². The van der Waals surface area contributed by atoms with Crippen LogP contribution in [-0.2, 0) is 20.9 Å². The number of hydrogen-bond acceptors (Lipinski definition) is 4. The fourth-order valence-corrected chi connectivity index (χ4v) is 8.41. The molecule has 0 spiro atoms. The fraction of sp³-hybridized carbons (Fsp3) is 0.667. The second-order valence-corrected chi connectivity index (χ2v) is 10.7. The van der Waals surface area contributed by atoms with E-state index in [1.165, 1.54) is 0 Å². The van der Waals surface area contributed by atoms with E-state index in [0.717, 1.165) is 0 Å². The minimum atomic E-state index is -2.23. The van der Waals surface area contributed by atoms with Gasteiger partial charge in [-0.05, 0) is 38.5 Å². The zero-order valence-electron chi connectivity index (χ0n) is 10.9. The molecule has 0 aliphatic heterocycles. The van der Waals surface area contributed by atoms with Gasteiger partial charge in [-0.25, -0.2) is 0 Å². The van der Waals surface area contributed by atoms with Gasteiger partial charge in [0.1, 0.15) is 0 Å². The van der Waals surface area contributed by atoms with E-state index in [9.17, 15) is 0 Å². The van der Waals surface area contributed by atoms with Gasteiger partial charge in [0.05, 0.1) is 13.2 Å². The topological polar surface area (TPSA) is 18.5 Å². The third kappa shape index (κ3) is 4.22. The minimum Gasteiger partial charge on any atom is -0.322 e. The van der Waals surface area contributed by atoms with Crippen molar-refractivity contribution in [3.05, 3.63) is 24.3 Å². The van der Waals surface area contributed by atoms with Crippen molar-refractivity contribution in [1.29, 1.82) is 0 Å². The van der Waals surface area contributed by atoms with Gasteiger partial charge < -0.3 is 9.05 Å². The fourth-order valence-electron chi connectivity index (χ4n) is 1.58. The zero-order valence-corrected chi connectivity index (χ0v) is 13.4. The third-order valence-corrected chi connectivity index (χ3v) is 8.79. The Balaban J connectivity index is 2.82. The van der Waals surface area contributed by atoms with Crippen LogP contribution in [0.15, 0.2) is 24.3 Å². The normalized spacial score (nSPS) is 28.6.